The van der Waals surface area contributed by atoms with E-state index in [1.165, 1.54) is 0 Å². The van der Waals surface area contributed by atoms with Crippen molar-refractivity contribution in [2.45, 2.75) is 90.4 Å². The zero-order valence-electron chi connectivity index (χ0n) is 28.7. The predicted molar refractivity (Wildman–Crippen MR) is 184 cm³/mol. The summed E-state index contributed by atoms with van der Waals surface area (Å²) in [5, 5.41) is 9.28. The van der Waals surface area contributed by atoms with Gasteiger partial charge in [-0.1, -0.05) is 38.8 Å². The Morgan fingerprint density at radius 1 is 1.00 bits per heavy atom. The van der Waals surface area contributed by atoms with E-state index in [2.05, 4.69) is 38.8 Å². The summed E-state index contributed by atoms with van der Waals surface area (Å²) in [6.45, 7) is 21.6. The van der Waals surface area contributed by atoms with Crippen LogP contribution in [0.5, 0.6) is 0 Å². The van der Waals surface area contributed by atoms with Gasteiger partial charge in [0.15, 0.2) is 0 Å². The summed E-state index contributed by atoms with van der Waals surface area (Å²) in [6, 6.07) is 7.11. The van der Waals surface area contributed by atoms with E-state index in [-0.39, 0.29) is 36.8 Å². The average molecular weight is 637 g/mol. The lowest BCUT2D eigenvalue weighted by molar-refractivity contribution is -0.151. The largest absolute Gasteiger partial charge is 0.396 e. The van der Waals surface area contributed by atoms with Crippen molar-refractivity contribution < 1.29 is 24.2 Å². The van der Waals surface area contributed by atoms with Crippen LogP contribution in [-0.4, -0.2) is 95.7 Å². The van der Waals surface area contributed by atoms with Gasteiger partial charge in [0.2, 0.25) is 11.8 Å². The van der Waals surface area contributed by atoms with E-state index in [9.17, 15) is 19.5 Å². The quantitative estimate of drug-likeness (QED) is 0.179. The molecule has 3 aliphatic rings. The second kappa shape index (κ2) is 15.2. The number of nitrogens with zero attached hydrogens (tertiary/aromatic N) is 4. The molecule has 1 aromatic carbocycles. The Balaban J connectivity index is 1.77. The van der Waals surface area contributed by atoms with Gasteiger partial charge in [-0.05, 0) is 76.6 Å². The molecule has 0 aliphatic carbocycles. The molecular formula is C37H56N4O5. The van der Waals surface area contributed by atoms with Gasteiger partial charge < -0.3 is 29.4 Å². The molecule has 46 heavy (non-hydrogen) atoms. The lowest BCUT2D eigenvalue weighted by Gasteiger charge is -2.39. The molecule has 2 bridgehead atoms. The maximum Gasteiger partial charge on any atom is 0.253 e. The first-order valence-electron chi connectivity index (χ1n) is 17.4. The maximum absolute atomic E-state index is 15.0. The van der Waals surface area contributed by atoms with Gasteiger partial charge in [-0.3, -0.25) is 14.4 Å². The van der Waals surface area contributed by atoms with Crippen LogP contribution in [0.4, 0.5) is 11.4 Å². The summed E-state index contributed by atoms with van der Waals surface area (Å²) in [5.74, 6) is -1.93. The number of unbranched alkanes of at least 4 members (excludes halogenated alkanes) is 3. The number of aliphatic hydroxyl groups excluding tert-OH is 1. The third-order valence-electron chi connectivity index (χ3n) is 10.6. The highest BCUT2D eigenvalue weighted by Gasteiger charge is 2.80. The van der Waals surface area contributed by atoms with Crippen LogP contribution in [0.1, 0.15) is 73.1 Å². The summed E-state index contributed by atoms with van der Waals surface area (Å²) in [5.41, 5.74) is -0.169. The molecule has 4 rings (SSSR count). The second-order valence-electron chi connectivity index (χ2n) is 13.4. The Bertz CT molecular complexity index is 1250. The van der Waals surface area contributed by atoms with Crippen molar-refractivity contribution in [1.82, 2.24) is 9.80 Å². The van der Waals surface area contributed by atoms with Crippen molar-refractivity contribution in [2.75, 3.05) is 55.7 Å². The highest BCUT2D eigenvalue weighted by atomic mass is 16.5. The molecule has 0 aromatic heterocycles. The van der Waals surface area contributed by atoms with Gasteiger partial charge >= 0.3 is 0 Å². The van der Waals surface area contributed by atoms with Crippen LogP contribution in [0.2, 0.25) is 0 Å². The standard InChI is InChI=1S/C37H56N4O5/c1-8-21-39(22-9-2)33(43)30-31-34(44)41(24-15-13-14-16-25-42)32(37(31)26-27(6)36(30,7)46-37)35(45)40(23-10-3)29-19-17-28(18-20-29)38(11-4)12-5/h8,10,17-20,27,30-32,42H,1,3,9,11-16,21-26H2,2,4-7H3/t27?,30-,31-,32?,36+,37?/m0/s1. The molecule has 9 heteroatoms. The van der Waals surface area contributed by atoms with Crippen molar-refractivity contribution in [3.05, 3.63) is 49.6 Å². The third kappa shape index (κ3) is 6.25. The molecule has 1 N–H and O–H groups in total. The van der Waals surface area contributed by atoms with Crippen LogP contribution in [0.25, 0.3) is 0 Å². The van der Waals surface area contributed by atoms with E-state index in [0.717, 1.165) is 43.7 Å². The smallest absolute Gasteiger partial charge is 0.253 e. The molecule has 1 aromatic rings. The number of benzene rings is 1. The Morgan fingerprint density at radius 2 is 1.63 bits per heavy atom. The number of rotatable bonds is 18. The minimum absolute atomic E-state index is 0.0290. The molecule has 3 fully saturated rings. The second-order valence-corrected chi connectivity index (χ2v) is 13.4. The Morgan fingerprint density at radius 3 is 2.22 bits per heavy atom. The van der Waals surface area contributed by atoms with Gasteiger partial charge in [-0.25, -0.2) is 0 Å². The fourth-order valence-electron chi connectivity index (χ4n) is 8.33. The third-order valence-corrected chi connectivity index (χ3v) is 10.6. The molecule has 3 aliphatic heterocycles. The van der Waals surface area contributed by atoms with Crippen LogP contribution in [-0.2, 0) is 19.1 Å². The van der Waals surface area contributed by atoms with Crippen molar-refractivity contribution in [3.8, 4) is 0 Å². The zero-order valence-corrected chi connectivity index (χ0v) is 28.7. The fraction of sp³-hybridized carbons (Fsp3) is 0.649. The number of fused-ring (bicyclic) bond motifs is 1. The normalized spacial score (nSPS) is 27.9. The molecule has 6 atom stereocenters. The number of amides is 3. The maximum atomic E-state index is 15.0. The highest BCUT2D eigenvalue weighted by Crippen LogP contribution is 2.65. The number of likely N-dealkylation sites (tertiary alicyclic amines) is 1. The topological polar surface area (TPSA) is 93.6 Å². The highest BCUT2D eigenvalue weighted by molar-refractivity contribution is 6.05. The van der Waals surface area contributed by atoms with E-state index in [4.69, 9.17) is 4.74 Å². The summed E-state index contributed by atoms with van der Waals surface area (Å²) < 4.78 is 7.00. The molecule has 3 saturated heterocycles. The van der Waals surface area contributed by atoms with Crippen LogP contribution >= 0.6 is 0 Å². The first kappa shape index (κ1) is 35.7. The molecular weight excluding hydrogens is 580 g/mol. The van der Waals surface area contributed by atoms with Gasteiger partial charge in [-0.2, -0.15) is 0 Å². The SMILES string of the molecule is C=CCN(CCC)C(=O)[C@@H]1[C@H]2C(=O)N(CCCCCCO)C(C(=O)N(CC=C)c3ccc(N(CC)CC)cc3)C23CC(C)[C@@]1(C)O3. The van der Waals surface area contributed by atoms with Gasteiger partial charge in [0, 0.05) is 57.3 Å². The first-order chi connectivity index (χ1) is 22.1. The van der Waals surface area contributed by atoms with Crippen LogP contribution in [0.15, 0.2) is 49.6 Å². The Hall–Kier alpha value is -3.17. The van der Waals surface area contributed by atoms with Crippen LogP contribution in [0, 0.1) is 17.8 Å². The molecule has 0 saturated carbocycles. The van der Waals surface area contributed by atoms with E-state index in [1.54, 1.807) is 26.9 Å². The molecule has 3 heterocycles. The summed E-state index contributed by atoms with van der Waals surface area (Å²) >= 11 is 0. The summed E-state index contributed by atoms with van der Waals surface area (Å²) in [7, 11) is 0. The summed E-state index contributed by atoms with van der Waals surface area (Å²) in [4.78, 5) is 51.4. The number of aliphatic hydroxyl groups is 1. The Labute approximate surface area is 276 Å². The average Bonchev–Trinajstić information content (AvgIpc) is 3.56. The van der Waals surface area contributed by atoms with Crippen molar-refractivity contribution in [3.63, 3.8) is 0 Å². The zero-order chi connectivity index (χ0) is 33.6. The minimum Gasteiger partial charge on any atom is -0.396 e. The number of carbonyl (C=O) groups is 3. The number of ether oxygens (including phenoxy) is 1. The van der Waals surface area contributed by atoms with Gasteiger partial charge in [-0.15, -0.1) is 13.2 Å². The van der Waals surface area contributed by atoms with Gasteiger partial charge in [0.25, 0.3) is 5.91 Å². The summed E-state index contributed by atoms with van der Waals surface area (Å²) in [6.07, 6.45) is 7.81. The van der Waals surface area contributed by atoms with Gasteiger partial charge in [0.1, 0.15) is 11.6 Å². The van der Waals surface area contributed by atoms with Crippen molar-refractivity contribution in [2.24, 2.45) is 17.8 Å². The van der Waals surface area contributed by atoms with Gasteiger partial charge in [0.05, 0.1) is 17.4 Å². The number of hydrogen-bond donors (Lipinski definition) is 1. The minimum atomic E-state index is -1.11. The molecule has 3 amide bonds. The predicted octanol–water partition coefficient (Wildman–Crippen LogP) is 5.04. The number of carbonyl (C=O) groups excluding carboxylic acids is 3. The van der Waals surface area contributed by atoms with Crippen molar-refractivity contribution >= 4 is 29.1 Å². The monoisotopic (exact) mass is 636 g/mol. The Kier molecular flexibility index (Phi) is 11.8. The number of anilines is 2. The van der Waals surface area contributed by atoms with Crippen molar-refractivity contribution in [1.29, 1.82) is 0 Å². The van der Waals surface area contributed by atoms with Crippen LogP contribution in [0.3, 0.4) is 0 Å². The molecule has 3 unspecified atom stereocenters. The lowest BCUT2D eigenvalue weighted by atomic mass is 9.62. The molecule has 1 spiro atoms. The van der Waals surface area contributed by atoms with E-state index < -0.39 is 29.1 Å². The van der Waals surface area contributed by atoms with E-state index in [1.807, 2.05) is 38.1 Å². The number of hydrogen-bond acceptors (Lipinski definition) is 6. The molecule has 254 valence electrons. The fourth-order valence-corrected chi connectivity index (χ4v) is 8.33. The molecule has 0 radical (unpaired) electrons. The van der Waals surface area contributed by atoms with Crippen LogP contribution < -0.4 is 9.80 Å². The van der Waals surface area contributed by atoms with E-state index in [0.29, 0.717) is 38.9 Å². The van der Waals surface area contributed by atoms with E-state index >= 15 is 0 Å². The first-order valence-corrected chi connectivity index (χ1v) is 17.4. The molecule has 9 nitrogen and oxygen atoms in total. The lowest BCUT2D eigenvalue weighted by Crippen LogP contribution is -2.57.